The molecule has 0 saturated carbocycles. The van der Waals surface area contributed by atoms with Crippen LogP contribution in [-0.2, 0) is 11.1 Å². The minimum Gasteiger partial charge on any atom is -0.219 e. The fourth-order valence-corrected chi connectivity index (χ4v) is 1.06. The molecule has 1 aromatic heterocycles. The number of hydrogen-bond donors (Lipinski definition) is 0. The summed E-state index contributed by atoms with van der Waals surface area (Å²) in [6.45, 7) is 13.1. The lowest BCUT2D eigenvalue weighted by molar-refractivity contribution is -0.757. The van der Waals surface area contributed by atoms with E-state index in [1.165, 1.54) is 0 Å². The molecule has 1 aromatic rings. The van der Waals surface area contributed by atoms with Gasteiger partial charge in [0.15, 0.2) is 0 Å². The van der Waals surface area contributed by atoms with Gasteiger partial charge in [0, 0.05) is 0 Å². The maximum Gasteiger partial charge on any atom is 0.374 e. The van der Waals surface area contributed by atoms with Crippen LogP contribution in [-0.4, -0.2) is 4.57 Å². The van der Waals surface area contributed by atoms with Crippen molar-refractivity contribution in [2.75, 3.05) is 0 Å². The van der Waals surface area contributed by atoms with Crippen LogP contribution >= 0.6 is 0 Å². The lowest BCUT2D eigenvalue weighted by Crippen LogP contribution is -2.49. The molecule has 0 spiro atoms. The topological polar surface area (TPSA) is 8.81 Å². The highest BCUT2D eigenvalue weighted by atomic mass is 15.2. The molecule has 0 aliphatic heterocycles. The van der Waals surface area contributed by atoms with Gasteiger partial charge in [-0.05, 0) is 41.5 Å². The highest BCUT2D eigenvalue weighted by Crippen LogP contribution is 2.12. The van der Waals surface area contributed by atoms with E-state index in [-0.39, 0.29) is 11.1 Å². The van der Waals surface area contributed by atoms with Gasteiger partial charge in [-0.15, -0.1) is 0 Å². The molecule has 2 nitrogen and oxygen atoms in total. The van der Waals surface area contributed by atoms with E-state index in [9.17, 15) is 0 Å². The van der Waals surface area contributed by atoms with Crippen molar-refractivity contribution in [3.8, 4) is 0 Å². The molecule has 0 unspecified atom stereocenters. The van der Waals surface area contributed by atoms with E-state index in [0.717, 1.165) is 0 Å². The molecule has 1 heterocycles. The second-order valence-electron chi connectivity index (χ2n) is 5.48. The summed E-state index contributed by atoms with van der Waals surface area (Å²) < 4.78 is 4.22. The van der Waals surface area contributed by atoms with Crippen LogP contribution in [0.2, 0.25) is 0 Å². The Balaban J connectivity index is 3.01. The van der Waals surface area contributed by atoms with Gasteiger partial charge in [-0.25, -0.2) is 9.13 Å². The van der Waals surface area contributed by atoms with Gasteiger partial charge in [0.1, 0.15) is 23.5 Å². The zero-order chi connectivity index (χ0) is 10.3. The Kier molecular flexibility index (Phi) is 2.27. The molecule has 0 atom stereocenters. The van der Waals surface area contributed by atoms with Crippen LogP contribution in [0.15, 0.2) is 12.4 Å². The number of rotatable bonds is 0. The Morgan fingerprint density at radius 3 is 1.85 bits per heavy atom. The minimum atomic E-state index is 0.122. The Hall–Kier alpha value is -0.790. The highest BCUT2D eigenvalue weighted by molar-refractivity contribution is 4.78. The van der Waals surface area contributed by atoms with Crippen LogP contribution in [0, 0.1) is 6.33 Å². The maximum absolute atomic E-state index is 3.33. The molecule has 0 amide bonds. The first-order chi connectivity index (χ1) is 5.71. The quantitative estimate of drug-likeness (QED) is 0.541. The second-order valence-corrected chi connectivity index (χ2v) is 5.48. The largest absolute Gasteiger partial charge is 0.374 e. The fraction of sp³-hybridized carbons (Fsp3) is 0.727. The van der Waals surface area contributed by atoms with E-state index < -0.39 is 0 Å². The van der Waals surface area contributed by atoms with E-state index in [0.29, 0.717) is 0 Å². The predicted molar refractivity (Wildman–Crippen MR) is 53.5 cm³/mol. The number of nitrogens with zero attached hydrogens (tertiary/aromatic N) is 2. The third kappa shape index (κ3) is 2.33. The summed E-state index contributed by atoms with van der Waals surface area (Å²) in [5.41, 5.74) is 0.243. The monoisotopic (exact) mass is 180 g/mol. The standard InChI is InChI=1S/C11H20N2/c1-10(2,3)12-7-8-13(9-12)11(4,5)6/h7-8H,1-6H3/q+1. The van der Waals surface area contributed by atoms with Gasteiger partial charge < -0.3 is 0 Å². The molecule has 1 rings (SSSR count). The smallest absolute Gasteiger partial charge is 0.219 e. The van der Waals surface area contributed by atoms with Crippen molar-refractivity contribution in [1.29, 1.82) is 0 Å². The van der Waals surface area contributed by atoms with Crippen LogP contribution in [0.3, 0.4) is 0 Å². The van der Waals surface area contributed by atoms with Crippen molar-refractivity contribution in [3.05, 3.63) is 18.7 Å². The highest BCUT2D eigenvalue weighted by Gasteiger charge is 2.25. The Bertz CT molecular complexity index is 255. The Labute approximate surface area is 81.2 Å². The molecular formula is C11H20N2+. The SMILES string of the molecule is CC(C)(C)n1[c][n+](C(C)(C)C)cc1. The third-order valence-corrected chi connectivity index (χ3v) is 2.03. The molecule has 13 heavy (non-hydrogen) atoms. The molecule has 73 valence electrons. The lowest BCUT2D eigenvalue weighted by Gasteiger charge is -2.15. The molecular weight excluding hydrogens is 160 g/mol. The van der Waals surface area contributed by atoms with Crippen molar-refractivity contribution in [3.63, 3.8) is 0 Å². The second kappa shape index (κ2) is 2.86. The zero-order valence-electron chi connectivity index (χ0n) is 9.55. The van der Waals surface area contributed by atoms with Crippen LogP contribution in [0.25, 0.3) is 0 Å². The van der Waals surface area contributed by atoms with Gasteiger partial charge in [-0.1, -0.05) is 0 Å². The third-order valence-electron chi connectivity index (χ3n) is 2.03. The first kappa shape index (κ1) is 10.3. The average Bonchev–Trinajstić information content (AvgIpc) is 2.28. The van der Waals surface area contributed by atoms with Crippen LogP contribution in [0.5, 0.6) is 0 Å². The summed E-state index contributed by atoms with van der Waals surface area (Å²) in [4.78, 5) is 0. The van der Waals surface area contributed by atoms with Gasteiger partial charge in [-0.3, -0.25) is 0 Å². The molecule has 0 aromatic carbocycles. The normalized spacial score (nSPS) is 13.4. The maximum atomic E-state index is 3.33. The molecule has 0 aliphatic carbocycles. The Morgan fingerprint density at radius 2 is 1.62 bits per heavy atom. The first-order valence-corrected chi connectivity index (χ1v) is 4.74. The zero-order valence-corrected chi connectivity index (χ0v) is 9.55. The van der Waals surface area contributed by atoms with Crippen molar-refractivity contribution < 1.29 is 4.57 Å². The number of imidazole rings is 1. The summed E-state index contributed by atoms with van der Waals surface area (Å²) >= 11 is 0. The molecule has 0 saturated heterocycles. The molecule has 1 radical (unpaired) electrons. The summed E-state index contributed by atoms with van der Waals surface area (Å²) in [6, 6.07) is 0. The number of aromatic nitrogens is 2. The van der Waals surface area contributed by atoms with Gasteiger partial charge in [0.05, 0.1) is 0 Å². The summed E-state index contributed by atoms with van der Waals surface area (Å²) in [5.74, 6) is 0. The van der Waals surface area contributed by atoms with Crippen LogP contribution < -0.4 is 4.57 Å². The molecule has 0 bridgehead atoms. The van der Waals surface area contributed by atoms with Crippen LogP contribution in [0.1, 0.15) is 41.5 Å². The lowest BCUT2D eigenvalue weighted by atomic mass is 10.1. The summed E-state index contributed by atoms with van der Waals surface area (Å²) in [7, 11) is 0. The predicted octanol–water partition coefficient (Wildman–Crippen LogP) is 2.09. The van der Waals surface area contributed by atoms with Gasteiger partial charge in [0.25, 0.3) is 0 Å². The molecule has 0 N–H and O–H groups in total. The summed E-state index contributed by atoms with van der Waals surface area (Å²) in [6.07, 6.45) is 7.48. The van der Waals surface area contributed by atoms with E-state index in [1.54, 1.807) is 0 Å². The van der Waals surface area contributed by atoms with E-state index in [1.807, 2.05) is 0 Å². The van der Waals surface area contributed by atoms with Gasteiger partial charge >= 0.3 is 6.33 Å². The van der Waals surface area contributed by atoms with Gasteiger partial charge in [0.2, 0.25) is 0 Å². The van der Waals surface area contributed by atoms with E-state index >= 15 is 0 Å². The Morgan fingerprint density at radius 1 is 1.08 bits per heavy atom. The average molecular weight is 180 g/mol. The van der Waals surface area contributed by atoms with Crippen molar-refractivity contribution in [1.82, 2.24) is 4.57 Å². The number of hydrogen-bond acceptors (Lipinski definition) is 0. The molecule has 0 fully saturated rings. The van der Waals surface area contributed by atoms with Gasteiger partial charge in [-0.2, -0.15) is 0 Å². The van der Waals surface area contributed by atoms with Crippen molar-refractivity contribution in [2.45, 2.75) is 52.6 Å². The summed E-state index contributed by atoms with van der Waals surface area (Å²) in [5, 5.41) is 0. The molecule has 2 heteroatoms. The fourth-order valence-electron chi connectivity index (χ4n) is 1.06. The van der Waals surface area contributed by atoms with E-state index in [2.05, 4.69) is 69.4 Å². The minimum absolute atomic E-state index is 0.122. The van der Waals surface area contributed by atoms with Crippen molar-refractivity contribution >= 4 is 0 Å². The van der Waals surface area contributed by atoms with Crippen LogP contribution in [0.4, 0.5) is 0 Å². The van der Waals surface area contributed by atoms with E-state index in [4.69, 9.17) is 0 Å². The first-order valence-electron chi connectivity index (χ1n) is 4.74. The molecule has 0 aliphatic rings. The van der Waals surface area contributed by atoms with Crippen molar-refractivity contribution in [2.24, 2.45) is 0 Å².